The Balaban J connectivity index is 0.000000237. The van der Waals surface area contributed by atoms with E-state index in [1.165, 1.54) is 47.9 Å². The number of unbranched alkanes of at least 4 members (excludes halogenated alkanes) is 5. The van der Waals surface area contributed by atoms with Gasteiger partial charge >= 0.3 is 12.1 Å². The Kier molecular flexibility index (Phi) is 19.5. The third-order valence-electron chi connectivity index (χ3n) is 8.20. The highest BCUT2D eigenvalue weighted by molar-refractivity contribution is 7.97. The van der Waals surface area contributed by atoms with E-state index in [0.29, 0.717) is 24.4 Å². The van der Waals surface area contributed by atoms with E-state index in [1.54, 1.807) is 12.1 Å². The zero-order valence-electron chi connectivity index (χ0n) is 28.4. The number of para-hydroxylation sites is 1. The van der Waals surface area contributed by atoms with Gasteiger partial charge in [-0.15, -0.1) is 6.58 Å². The second-order valence-electron chi connectivity index (χ2n) is 12.0. The Labute approximate surface area is 293 Å². The number of allylic oxidation sites excluding steroid dienone is 1. The molecule has 2 aliphatic heterocycles. The number of rotatable bonds is 14. The predicted octanol–water partition coefficient (Wildman–Crippen LogP) is 6.16. The number of amides is 3. The van der Waals surface area contributed by atoms with E-state index in [0.717, 1.165) is 57.2 Å². The Morgan fingerprint density at radius 2 is 1.71 bits per heavy atom. The molecule has 7 N–H and O–H groups in total. The number of halogens is 1. The molecule has 13 heteroatoms. The Morgan fingerprint density at radius 3 is 2.24 bits per heavy atom. The molecule has 270 valence electrons. The molecule has 2 unspecified atom stereocenters. The number of carbonyl (C=O) groups excluding carboxylic acids is 2. The summed E-state index contributed by atoms with van der Waals surface area (Å²) in [5.41, 5.74) is 7.45. The number of carboxylic acids is 1. The van der Waals surface area contributed by atoms with Crippen LogP contribution in [0.15, 0.2) is 61.2 Å². The molecule has 2 aromatic carbocycles. The number of anilines is 1. The van der Waals surface area contributed by atoms with E-state index in [1.807, 2.05) is 30.5 Å². The average molecular weight is 702 g/mol. The van der Waals surface area contributed by atoms with Crippen molar-refractivity contribution in [1.82, 2.24) is 14.9 Å². The molecule has 0 aromatic heterocycles. The van der Waals surface area contributed by atoms with Crippen LogP contribution in [-0.4, -0.2) is 64.4 Å². The number of nitrogens with one attached hydrogen (secondary N) is 3. The van der Waals surface area contributed by atoms with Crippen molar-refractivity contribution in [3.8, 4) is 0 Å². The molecular formula is C36H52FN5O6S. The summed E-state index contributed by atoms with van der Waals surface area (Å²) in [5.74, 6) is -0.416. The third kappa shape index (κ3) is 16.7. The van der Waals surface area contributed by atoms with E-state index in [4.69, 9.17) is 15.9 Å². The summed E-state index contributed by atoms with van der Waals surface area (Å²) < 4.78 is 15.8. The number of fused-ring (bicyclic) bond motifs is 1. The highest BCUT2D eigenvalue weighted by Crippen LogP contribution is 2.39. The van der Waals surface area contributed by atoms with Crippen LogP contribution < -0.4 is 21.1 Å². The molecule has 2 fully saturated rings. The minimum atomic E-state index is -1.00. The van der Waals surface area contributed by atoms with Gasteiger partial charge < -0.3 is 31.3 Å². The summed E-state index contributed by atoms with van der Waals surface area (Å²) in [6.07, 6.45) is 12.6. The third-order valence-corrected chi connectivity index (χ3v) is 8.61. The van der Waals surface area contributed by atoms with Gasteiger partial charge in [0.25, 0.3) is 0 Å². The number of primary amides is 1. The molecule has 2 heterocycles. The highest BCUT2D eigenvalue weighted by atomic mass is 32.2. The van der Waals surface area contributed by atoms with Crippen molar-refractivity contribution < 1.29 is 33.8 Å². The number of carboxylic acid groups (broad SMARTS) is 2. The SMILES string of the molecule is C=C[C@@H]1CC1C(=O)NSC.NC(=O)C1CCCN1.O=C(O)CCCCCCCCNc1ccccc1.O=C(O)N1Cc2cccc(F)c2C1. The molecule has 1 saturated heterocycles. The van der Waals surface area contributed by atoms with Crippen LogP contribution in [0, 0.1) is 17.7 Å². The van der Waals surface area contributed by atoms with Crippen molar-refractivity contribution in [2.24, 2.45) is 17.6 Å². The number of nitrogens with two attached hydrogens (primary N) is 1. The lowest BCUT2D eigenvalue weighted by atomic mass is 10.1. The minimum absolute atomic E-state index is 0.0463. The Bertz CT molecular complexity index is 1330. The fourth-order valence-corrected chi connectivity index (χ4v) is 5.65. The van der Waals surface area contributed by atoms with Gasteiger partial charge in [-0.3, -0.25) is 19.3 Å². The van der Waals surface area contributed by atoms with Crippen LogP contribution in [0.5, 0.6) is 0 Å². The zero-order valence-corrected chi connectivity index (χ0v) is 29.2. The molecule has 11 nitrogen and oxygen atoms in total. The highest BCUT2D eigenvalue weighted by Gasteiger charge is 2.40. The average Bonchev–Trinajstić information content (AvgIpc) is 3.42. The van der Waals surface area contributed by atoms with Gasteiger partial charge in [0.15, 0.2) is 0 Å². The normalized spacial score (nSPS) is 18.2. The maximum Gasteiger partial charge on any atom is 0.407 e. The summed E-state index contributed by atoms with van der Waals surface area (Å²) in [7, 11) is 0. The first-order valence-electron chi connectivity index (χ1n) is 16.8. The van der Waals surface area contributed by atoms with Crippen molar-refractivity contribution in [3.63, 3.8) is 0 Å². The molecule has 3 atom stereocenters. The molecule has 1 saturated carbocycles. The molecule has 0 radical (unpaired) electrons. The summed E-state index contributed by atoms with van der Waals surface area (Å²) in [5, 5.41) is 23.5. The van der Waals surface area contributed by atoms with Crippen LogP contribution in [-0.2, 0) is 27.5 Å². The van der Waals surface area contributed by atoms with Crippen molar-refractivity contribution in [1.29, 1.82) is 0 Å². The second kappa shape index (κ2) is 23.3. The van der Waals surface area contributed by atoms with Gasteiger partial charge in [0.1, 0.15) is 5.82 Å². The van der Waals surface area contributed by atoms with Crippen molar-refractivity contribution >= 4 is 41.5 Å². The van der Waals surface area contributed by atoms with Crippen LogP contribution >= 0.6 is 11.9 Å². The Hall–Kier alpha value is -4.10. The number of carbonyl (C=O) groups is 4. The number of nitrogens with zero attached hydrogens (tertiary/aromatic N) is 1. The van der Waals surface area contributed by atoms with Gasteiger partial charge in [-0.25, -0.2) is 9.18 Å². The molecule has 49 heavy (non-hydrogen) atoms. The smallest absolute Gasteiger partial charge is 0.407 e. The number of hydrogen-bond acceptors (Lipinski definition) is 7. The zero-order chi connectivity index (χ0) is 36.0. The van der Waals surface area contributed by atoms with Gasteiger partial charge in [-0.1, -0.05) is 74.0 Å². The largest absolute Gasteiger partial charge is 0.481 e. The summed E-state index contributed by atoms with van der Waals surface area (Å²) >= 11 is 1.36. The predicted molar refractivity (Wildman–Crippen MR) is 192 cm³/mol. The first kappa shape index (κ1) is 41.1. The van der Waals surface area contributed by atoms with Crippen molar-refractivity contribution in [2.75, 3.05) is 24.7 Å². The first-order valence-corrected chi connectivity index (χ1v) is 18.0. The van der Waals surface area contributed by atoms with E-state index in [2.05, 4.69) is 34.1 Å². The van der Waals surface area contributed by atoms with Gasteiger partial charge in [0.2, 0.25) is 11.8 Å². The molecular weight excluding hydrogens is 649 g/mol. The van der Waals surface area contributed by atoms with Crippen LogP contribution in [0.4, 0.5) is 14.9 Å². The lowest BCUT2D eigenvalue weighted by Crippen LogP contribution is -2.36. The van der Waals surface area contributed by atoms with E-state index in [9.17, 15) is 23.6 Å². The number of benzene rings is 2. The van der Waals surface area contributed by atoms with Crippen LogP contribution in [0.2, 0.25) is 0 Å². The minimum Gasteiger partial charge on any atom is -0.481 e. The first-order chi connectivity index (χ1) is 23.6. The van der Waals surface area contributed by atoms with Crippen molar-refractivity contribution in [2.45, 2.75) is 83.3 Å². The summed E-state index contributed by atoms with van der Waals surface area (Å²) in [6.45, 7) is 6.04. The molecule has 0 spiro atoms. The molecule has 3 amide bonds. The molecule has 0 bridgehead atoms. The second-order valence-corrected chi connectivity index (χ2v) is 12.6. The monoisotopic (exact) mass is 701 g/mol. The quantitative estimate of drug-likeness (QED) is 0.0766. The van der Waals surface area contributed by atoms with Gasteiger partial charge in [-0.2, -0.15) is 0 Å². The maximum absolute atomic E-state index is 13.1. The van der Waals surface area contributed by atoms with Crippen molar-refractivity contribution in [3.05, 3.63) is 78.1 Å². The molecule has 5 rings (SSSR count). The van der Waals surface area contributed by atoms with Crippen LogP contribution in [0.3, 0.4) is 0 Å². The Morgan fingerprint density at radius 1 is 1.02 bits per heavy atom. The lowest BCUT2D eigenvalue weighted by molar-refractivity contribution is -0.137. The molecule has 2 aromatic rings. The van der Waals surface area contributed by atoms with Gasteiger partial charge in [-0.05, 0) is 68.3 Å². The fraction of sp³-hybridized carbons (Fsp3) is 0.500. The van der Waals surface area contributed by atoms with Gasteiger partial charge in [0, 0.05) is 42.9 Å². The maximum atomic E-state index is 13.1. The lowest BCUT2D eigenvalue weighted by Gasteiger charge is -2.08. The summed E-state index contributed by atoms with van der Waals surface area (Å²) in [4.78, 5) is 43.4. The van der Waals surface area contributed by atoms with E-state index in [-0.39, 0.29) is 36.1 Å². The topological polar surface area (TPSA) is 174 Å². The fourth-order valence-electron chi connectivity index (χ4n) is 5.29. The number of hydrogen-bond donors (Lipinski definition) is 6. The standard InChI is InChI=1S/C15H23NO2.C9H8FNO2.C7H11NOS.C5H10N2O/c17-15(18)12-8-3-1-2-4-9-13-16-14-10-6-5-7-11-14;10-8-3-1-2-6-4-11(9(12)13)5-7(6)8;1-3-5-4-6(5)7(9)8-10-2;6-5(8)4-2-1-3-7-4/h5-7,10-11,16H,1-4,8-9,12-13H2,(H,17,18);1-3H,4-5H2,(H,12,13);3,5-6H,1,4H2,2H3,(H,8,9);4,7H,1-3H2,(H2,6,8)/t;;5-,6?;/m..1./s1. The van der Waals surface area contributed by atoms with Crippen LogP contribution in [0.25, 0.3) is 0 Å². The number of aliphatic carboxylic acids is 1. The van der Waals surface area contributed by atoms with E-state index >= 15 is 0 Å². The molecule has 1 aliphatic carbocycles. The van der Waals surface area contributed by atoms with Gasteiger partial charge in [0.05, 0.1) is 12.6 Å². The van der Waals surface area contributed by atoms with E-state index < -0.39 is 12.1 Å². The molecule has 3 aliphatic rings. The van der Waals surface area contributed by atoms with Crippen LogP contribution in [0.1, 0.15) is 75.3 Å². The summed E-state index contributed by atoms with van der Waals surface area (Å²) in [6, 6.07) is 14.9.